The van der Waals surface area contributed by atoms with E-state index in [1.54, 1.807) is 0 Å². The molecule has 1 N–H and O–H groups in total. The molecule has 0 saturated heterocycles. The molecule has 1 amide bonds. The van der Waals surface area contributed by atoms with Gasteiger partial charge >= 0.3 is 5.97 Å². The highest BCUT2D eigenvalue weighted by Gasteiger charge is 2.29. The molecule has 142 valence electrons. The number of aryl methyl sites for hydroxylation is 1. The van der Waals surface area contributed by atoms with Crippen LogP contribution in [0.2, 0.25) is 0 Å². The van der Waals surface area contributed by atoms with Crippen LogP contribution in [-0.2, 0) is 20.7 Å². The lowest BCUT2D eigenvalue weighted by molar-refractivity contribution is -0.148. The Morgan fingerprint density at radius 3 is 2.93 bits per heavy atom. The van der Waals surface area contributed by atoms with Gasteiger partial charge in [0.15, 0.2) is 12.4 Å². The molecule has 0 spiro atoms. The maximum atomic E-state index is 12.1. The molecule has 1 aliphatic carbocycles. The molecule has 2 aliphatic rings. The van der Waals surface area contributed by atoms with E-state index in [0.717, 1.165) is 30.0 Å². The van der Waals surface area contributed by atoms with E-state index >= 15 is 0 Å². The highest BCUT2D eigenvalue weighted by Crippen LogP contribution is 2.38. The molecule has 1 atom stereocenters. The van der Waals surface area contributed by atoms with Crippen molar-refractivity contribution in [1.82, 2.24) is 15.5 Å². The molecule has 4 rings (SSSR count). The normalized spacial score (nSPS) is 18.3. The van der Waals surface area contributed by atoms with Crippen LogP contribution in [0.3, 0.4) is 0 Å². The van der Waals surface area contributed by atoms with Gasteiger partial charge in [0, 0.05) is 24.3 Å². The summed E-state index contributed by atoms with van der Waals surface area (Å²) in [6.45, 7) is 0.226. The van der Waals surface area contributed by atoms with Crippen LogP contribution in [0.5, 0.6) is 5.75 Å². The largest absolute Gasteiger partial charge is 0.493 e. The Morgan fingerprint density at radius 2 is 2.07 bits per heavy atom. The average Bonchev–Trinajstić information content (AvgIpc) is 3.43. The van der Waals surface area contributed by atoms with Crippen LogP contribution in [-0.4, -0.2) is 35.2 Å². The van der Waals surface area contributed by atoms with Gasteiger partial charge in [-0.15, -0.1) is 0 Å². The minimum atomic E-state index is -0.469. The van der Waals surface area contributed by atoms with Gasteiger partial charge < -0.3 is 19.3 Å². The first-order valence-corrected chi connectivity index (χ1v) is 9.18. The molecule has 0 bridgehead atoms. The quantitative estimate of drug-likeness (QED) is 0.743. The molecule has 2 heterocycles. The number of carbonyl (C=O) groups is 2. The highest BCUT2D eigenvalue weighted by molar-refractivity contribution is 5.81. The third-order valence-corrected chi connectivity index (χ3v) is 4.63. The van der Waals surface area contributed by atoms with E-state index in [9.17, 15) is 9.59 Å². The van der Waals surface area contributed by atoms with Gasteiger partial charge in [0.1, 0.15) is 5.75 Å². The fraction of sp³-hybridized carbons (Fsp3) is 0.474. The van der Waals surface area contributed by atoms with Crippen LogP contribution < -0.4 is 10.1 Å². The summed E-state index contributed by atoms with van der Waals surface area (Å²) in [5, 5.41) is 6.79. The summed E-state index contributed by atoms with van der Waals surface area (Å²) in [6, 6.07) is 7.45. The molecule has 1 aromatic heterocycles. The number of amides is 1. The second-order valence-corrected chi connectivity index (χ2v) is 6.78. The summed E-state index contributed by atoms with van der Waals surface area (Å²) in [5.41, 5.74) is 0.936. The van der Waals surface area contributed by atoms with Gasteiger partial charge in [0.05, 0.1) is 19.1 Å². The molecule has 2 aromatic rings. The zero-order valence-electron chi connectivity index (χ0n) is 14.8. The highest BCUT2D eigenvalue weighted by atomic mass is 16.5. The molecule has 1 unspecified atom stereocenters. The van der Waals surface area contributed by atoms with E-state index in [1.807, 2.05) is 24.3 Å². The van der Waals surface area contributed by atoms with Gasteiger partial charge in [-0.2, -0.15) is 4.98 Å². The van der Waals surface area contributed by atoms with Crippen molar-refractivity contribution >= 4 is 11.9 Å². The number of rotatable bonds is 7. The lowest BCUT2D eigenvalue weighted by Crippen LogP contribution is -2.35. The SMILES string of the molecule is O=C(COC(=O)CCc1nc(C2CC2)no1)NC1CCOc2ccccc21. The number of hydrogen-bond acceptors (Lipinski definition) is 7. The lowest BCUT2D eigenvalue weighted by atomic mass is 10.0. The number of aromatic nitrogens is 2. The zero-order valence-corrected chi connectivity index (χ0v) is 14.8. The van der Waals surface area contributed by atoms with E-state index in [4.69, 9.17) is 14.0 Å². The van der Waals surface area contributed by atoms with E-state index in [1.165, 1.54) is 0 Å². The van der Waals surface area contributed by atoms with Crippen LogP contribution in [0.25, 0.3) is 0 Å². The average molecular weight is 371 g/mol. The summed E-state index contributed by atoms with van der Waals surface area (Å²) in [4.78, 5) is 28.2. The zero-order chi connectivity index (χ0) is 18.6. The molecule has 1 fully saturated rings. The Hall–Kier alpha value is -2.90. The number of esters is 1. The number of fused-ring (bicyclic) bond motifs is 1. The number of benzene rings is 1. The standard InChI is InChI=1S/C19H21N3O5/c23-16(20-14-9-10-25-15-4-2-1-3-13(14)15)11-26-18(24)8-7-17-21-19(22-27-17)12-5-6-12/h1-4,12,14H,5-11H2,(H,20,23). The first kappa shape index (κ1) is 17.5. The van der Waals surface area contributed by atoms with Crippen molar-refractivity contribution in [1.29, 1.82) is 0 Å². The van der Waals surface area contributed by atoms with E-state index in [2.05, 4.69) is 15.5 Å². The van der Waals surface area contributed by atoms with Gasteiger partial charge in [-0.3, -0.25) is 9.59 Å². The maximum absolute atomic E-state index is 12.1. The molecule has 27 heavy (non-hydrogen) atoms. The van der Waals surface area contributed by atoms with Crippen LogP contribution in [0, 0.1) is 0 Å². The Morgan fingerprint density at radius 1 is 1.22 bits per heavy atom. The van der Waals surface area contributed by atoms with Crippen LogP contribution in [0.15, 0.2) is 28.8 Å². The van der Waals surface area contributed by atoms with Crippen molar-refractivity contribution in [2.24, 2.45) is 0 Å². The summed E-state index contributed by atoms with van der Waals surface area (Å²) in [5.74, 6) is 1.53. The number of nitrogens with one attached hydrogen (secondary N) is 1. The van der Waals surface area contributed by atoms with Gasteiger partial charge in [-0.25, -0.2) is 0 Å². The number of para-hydroxylation sites is 1. The van der Waals surface area contributed by atoms with Crippen LogP contribution >= 0.6 is 0 Å². The molecule has 8 heteroatoms. The molecule has 1 aromatic carbocycles. The van der Waals surface area contributed by atoms with E-state index in [-0.39, 0.29) is 25.0 Å². The number of hydrogen-bond donors (Lipinski definition) is 1. The smallest absolute Gasteiger partial charge is 0.306 e. The topological polar surface area (TPSA) is 104 Å². The molecule has 8 nitrogen and oxygen atoms in total. The van der Waals surface area contributed by atoms with E-state index < -0.39 is 5.97 Å². The van der Waals surface area contributed by atoms with Gasteiger partial charge in [-0.05, 0) is 18.9 Å². The Bertz CT molecular complexity index is 830. The van der Waals surface area contributed by atoms with Crippen LogP contribution in [0.4, 0.5) is 0 Å². The maximum Gasteiger partial charge on any atom is 0.306 e. The van der Waals surface area contributed by atoms with Crippen molar-refractivity contribution in [3.63, 3.8) is 0 Å². The Labute approximate surface area is 156 Å². The van der Waals surface area contributed by atoms with Gasteiger partial charge in [0.25, 0.3) is 5.91 Å². The Kier molecular flexibility index (Phi) is 5.04. The summed E-state index contributed by atoms with van der Waals surface area (Å²) < 4.78 is 15.7. The molecule has 1 saturated carbocycles. The monoisotopic (exact) mass is 371 g/mol. The van der Waals surface area contributed by atoms with Crippen molar-refractivity contribution < 1.29 is 23.6 Å². The lowest BCUT2D eigenvalue weighted by Gasteiger charge is -2.26. The second kappa shape index (κ2) is 7.77. The summed E-state index contributed by atoms with van der Waals surface area (Å²) >= 11 is 0. The van der Waals surface area contributed by atoms with E-state index in [0.29, 0.717) is 31.3 Å². The van der Waals surface area contributed by atoms with Crippen LogP contribution in [0.1, 0.15) is 54.9 Å². The first-order chi connectivity index (χ1) is 13.2. The summed E-state index contributed by atoms with van der Waals surface area (Å²) in [6.07, 6.45) is 3.27. The molecular weight excluding hydrogens is 350 g/mol. The second-order valence-electron chi connectivity index (χ2n) is 6.78. The third kappa shape index (κ3) is 4.45. The van der Waals surface area contributed by atoms with Crippen molar-refractivity contribution in [2.75, 3.05) is 13.2 Å². The van der Waals surface area contributed by atoms with Crippen molar-refractivity contribution in [2.45, 2.75) is 44.1 Å². The third-order valence-electron chi connectivity index (χ3n) is 4.63. The van der Waals surface area contributed by atoms with Gasteiger partial charge in [-0.1, -0.05) is 23.4 Å². The fourth-order valence-corrected chi connectivity index (χ4v) is 3.03. The minimum Gasteiger partial charge on any atom is -0.493 e. The Balaban J connectivity index is 1.20. The molecular formula is C19H21N3O5. The first-order valence-electron chi connectivity index (χ1n) is 9.18. The number of nitrogens with zero attached hydrogens (tertiary/aromatic N) is 2. The van der Waals surface area contributed by atoms with Crippen molar-refractivity contribution in [3.05, 3.63) is 41.5 Å². The summed E-state index contributed by atoms with van der Waals surface area (Å²) in [7, 11) is 0. The van der Waals surface area contributed by atoms with Crippen molar-refractivity contribution in [3.8, 4) is 5.75 Å². The predicted molar refractivity (Wildman–Crippen MR) is 93.0 cm³/mol. The molecule has 1 aliphatic heterocycles. The number of carbonyl (C=O) groups excluding carboxylic acids is 2. The molecule has 0 radical (unpaired) electrons. The fourth-order valence-electron chi connectivity index (χ4n) is 3.03. The van der Waals surface area contributed by atoms with Gasteiger partial charge in [0.2, 0.25) is 5.89 Å². The predicted octanol–water partition coefficient (Wildman–Crippen LogP) is 2.06. The minimum absolute atomic E-state index is 0.0969. The number of ether oxygens (including phenoxy) is 2.